The Bertz CT molecular complexity index is 1490. The maximum Gasteiger partial charge on any atom is 0.264 e. The Morgan fingerprint density at radius 3 is 2.15 bits per heavy atom. The number of amides is 2. The molecule has 7 nitrogen and oxygen atoms in total. The molecule has 1 aliphatic rings. The Labute approximate surface area is 252 Å². The summed E-state index contributed by atoms with van der Waals surface area (Å²) in [6, 6.07) is 17.6. The fraction of sp³-hybridized carbons (Fsp3) is 0.355. The van der Waals surface area contributed by atoms with E-state index in [0.29, 0.717) is 21.3 Å². The minimum Gasteiger partial charge on any atom is -0.352 e. The number of carbonyl (C=O) groups excluding carboxylic acids is 2. The average Bonchev–Trinajstić information content (AvgIpc) is 3.44. The molecule has 2 amide bonds. The smallest absolute Gasteiger partial charge is 0.264 e. The van der Waals surface area contributed by atoms with Crippen LogP contribution in [0.25, 0.3) is 0 Å². The SMILES string of the molecule is Cc1ccc(S(=O)(=O)N(CC(=O)N(Cc2c(Cl)cccc2Cl)[C@@H](C)C(=O)NC2CCCC2)c2cccc(C)c2)cc1. The Balaban J connectivity index is 1.72. The molecule has 1 N–H and O–H groups in total. The second-order valence-corrected chi connectivity index (χ2v) is 13.2. The molecular weight excluding hydrogens is 581 g/mol. The summed E-state index contributed by atoms with van der Waals surface area (Å²) in [6.45, 7) is 4.77. The lowest BCUT2D eigenvalue weighted by Crippen LogP contribution is -2.52. The summed E-state index contributed by atoms with van der Waals surface area (Å²) in [5.41, 5.74) is 2.57. The van der Waals surface area contributed by atoms with E-state index in [2.05, 4.69) is 5.32 Å². The Morgan fingerprint density at radius 1 is 0.927 bits per heavy atom. The number of aryl methyl sites for hydroxylation is 2. The molecule has 1 atom stereocenters. The van der Waals surface area contributed by atoms with Crippen LogP contribution in [0.4, 0.5) is 5.69 Å². The summed E-state index contributed by atoms with van der Waals surface area (Å²) in [4.78, 5) is 28.9. The van der Waals surface area contributed by atoms with Gasteiger partial charge in [-0.1, -0.05) is 71.9 Å². The van der Waals surface area contributed by atoms with Gasteiger partial charge in [-0.3, -0.25) is 13.9 Å². The highest BCUT2D eigenvalue weighted by atomic mass is 35.5. The van der Waals surface area contributed by atoms with Crippen LogP contribution in [0.3, 0.4) is 0 Å². The molecule has 0 saturated heterocycles. The first-order valence-electron chi connectivity index (χ1n) is 13.7. The second-order valence-electron chi connectivity index (χ2n) is 10.6. The van der Waals surface area contributed by atoms with E-state index in [4.69, 9.17) is 23.2 Å². The molecule has 0 bridgehead atoms. The first-order valence-corrected chi connectivity index (χ1v) is 15.9. The summed E-state index contributed by atoms with van der Waals surface area (Å²) in [5, 5.41) is 3.75. The number of halogens is 2. The van der Waals surface area contributed by atoms with E-state index in [-0.39, 0.29) is 23.4 Å². The molecule has 10 heteroatoms. The van der Waals surface area contributed by atoms with Gasteiger partial charge in [0.25, 0.3) is 10.0 Å². The van der Waals surface area contributed by atoms with Crippen LogP contribution in [0.1, 0.15) is 49.3 Å². The molecule has 1 aliphatic carbocycles. The van der Waals surface area contributed by atoms with E-state index in [1.54, 1.807) is 55.5 Å². The first-order chi connectivity index (χ1) is 19.5. The standard InChI is InChI=1S/C31H35Cl2N3O4S/c1-21-14-16-26(17-15-21)41(39,40)36(25-11-6-8-22(2)18-25)20-30(37)35(19-27-28(32)12-7-13-29(27)33)23(3)31(38)34-24-9-4-5-10-24/h6-8,11-18,23-24H,4-5,9-10,19-20H2,1-3H3,(H,34,38)/t23-/m0/s1. The highest BCUT2D eigenvalue weighted by molar-refractivity contribution is 7.92. The van der Waals surface area contributed by atoms with E-state index >= 15 is 0 Å². The van der Waals surface area contributed by atoms with Crippen LogP contribution in [0, 0.1) is 13.8 Å². The lowest BCUT2D eigenvalue weighted by molar-refractivity contribution is -0.139. The molecule has 0 spiro atoms. The van der Waals surface area contributed by atoms with Gasteiger partial charge in [-0.15, -0.1) is 0 Å². The monoisotopic (exact) mass is 615 g/mol. The Hall–Kier alpha value is -3.07. The molecule has 0 aliphatic heterocycles. The van der Waals surface area contributed by atoms with E-state index < -0.39 is 28.5 Å². The van der Waals surface area contributed by atoms with E-state index in [1.165, 1.54) is 17.0 Å². The topological polar surface area (TPSA) is 86.8 Å². The number of carbonyl (C=O) groups is 2. The van der Waals surface area contributed by atoms with Crippen molar-refractivity contribution in [2.75, 3.05) is 10.8 Å². The maximum atomic E-state index is 14.1. The van der Waals surface area contributed by atoms with Gasteiger partial charge in [0, 0.05) is 28.2 Å². The van der Waals surface area contributed by atoms with Crippen molar-refractivity contribution in [1.29, 1.82) is 0 Å². The van der Waals surface area contributed by atoms with Gasteiger partial charge in [0.2, 0.25) is 11.8 Å². The zero-order chi connectivity index (χ0) is 29.7. The highest BCUT2D eigenvalue weighted by Crippen LogP contribution is 2.29. The van der Waals surface area contributed by atoms with E-state index in [9.17, 15) is 18.0 Å². The molecule has 3 aromatic rings. The molecule has 1 fully saturated rings. The third-order valence-corrected chi connectivity index (χ3v) is 9.93. The molecule has 0 unspecified atom stereocenters. The van der Waals surface area contributed by atoms with Crippen LogP contribution >= 0.6 is 23.2 Å². The van der Waals surface area contributed by atoms with Crippen LogP contribution in [0.5, 0.6) is 0 Å². The molecular formula is C31H35Cl2N3O4S. The largest absolute Gasteiger partial charge is 0.352 e. The summed E-state index contributed by atoms with van der Waals surface area (Å²) in [5.74, 6) is -0.871. The quantitative estimate of drug-likeness (QED) is 0.291. The molecule has 0 heterocycles. The van der Waals surface area contributed by atoms with Crippen molar-refractivity contribution >= 4 is 50.7 Å². The average molecular weight is 617 g/mol. The van der Waals surface area contributed by atoms with Gasteiger partial charge in [-0.25, -0.2) is 8.42 Å². The number of hydrogen-bond donors (Lipinski definition) is 1. The van der Waals surface area contributed by atoms with Gasteiger partial charge in [0.15, 0.2) is 0 Å². The fourth-order valence-electron chi connectivity index (χ4n) is 4.98. The zero-order valence-electron chi connectivity index (χ0n) is 23.4. The predicted octanol–water partition coefficient (Wildman–Crippen LogP) is 6.28. The number of nitrogens with zero attached hydrogens (tertiary/aromatic N) is 2. The van der Waals surface area contributed by atoms with Crippen molar-refractivity contribution in [2.24, 2.45) is 0 Å². The van der Waals surface area contributed by atoms with Crippen molar-refractivity contribution in [3.63, 3.8) is 0 Å². The second kappa shape index (κ2) is 13.3. The van der Waals surface area contributed by atoms with Crippen molar-refractivity contribution < 1.29 is 18.0 Å². The lowest BCUT2D eigenvalue weighted by Gasteiger charge is -2.33. The van der Waals surface area contributed by atoms with E-state index in [1.807, 2.05) is 19.9 Å². The van der Waals surface area contributed by atoms with Crippen molar-refractivity contribution in [3.05, 3.63) is 93.5 Å². The van der Waals surface area contributed by atoms with Gasteiger partial charge in [-0.05, 0) is 75.6 Å². The predicted molar refractivity (Wildman–Crippen MR) is 164 cm³/mol. The van der Waals surface area contributed by atoms with Crippen LogP contribution in [-0.2, 0) is 26.2 Å². The summed E-state index contributed by atoms with van der Waals surface area (Å²) in [7, 11) is -4.14. The van der Waals surface area contributed by atoms with Crippen molar-refractivity contribution in [1.82, 2.24) is 10.2 Å². The molecule has 218 valence electrons. The van der Waals surface area contributed by atoms with Gasteiger partial charge in [-0.2, -0.15) is 0 Å². The van der Waals surface area contributed by atoms with Crippen molar-refractivity contribution in [3.8, 4) is 0 Å². The third kappa shape index (κ3) is 7.42. The molecule has 0 aromatic heterocycles. The minimum atomic E-state index is -4.14. The zero-order valence-corrected chi connectivity index (χ0v) is 25.8. The van der Waals surface area contributed by atoms with Gasteiger partial charge in [0.05, 0.1) is 10.6 Å². The molecule has 0 radical (unpaired) electrons. The van der Waals surface area contributed by atoms with Crippen molar-refractivity contribution in [2.45, 2.75) is 70.0 Å². The fourth-order valence-corrected chi connectivity index (χ4v) is 6.90. The summed E-state index contributed by atoms with van der Waals surface area (Å²) < 4.78 is 29.0. The summed E-state index contributed by atoms with van der Waals surface area (Å²) in [6.07, 6.45) is 3.86. The Kier molecular flexibility index (Phi) is 10.00. The Morgan fingerprint density at radius 2 is 1.54 bits per heavy atom. The number of rotatable bonds is 10. The number of anilines is 1. The third-order valence-electron chi connectivity index (χ3n) is 7.44. The highest BCUT2D eigenvalue weighted by Gasteiger charge is 2.34. The number of benzene rings is 3. The molecule has 4 rings (SSSR count). The number of sulfonamides is 1. The van der Waals surface area contributed by atoms with Crippen LogP contribution in [0.15, 0.2) is 71.6 Å². The lowest BCUT2D eigenvalue weighted by atomic mass is 10.1. The van der Waals surface area contributed by atoms with E-state index in [0.717, 1.165) is 41.1 Å². The van der Waals surface area contributed by atoms with Crippen LogP contribution in [-0.4, -0.2) is 43.8 Å². The van der Waals surface area contributed by atoms with Gasteiger partial charge >= 0.3 is 0 Å². The maximum absolute atomic E-state index is 14.1. The normalized spacial score (nSPS) is 14.5. The molecule has 41 heavy (non-hydrogen) atoms. The summed E-state index contributed by atoms with van der Waals surface area (Å²) >= 11 is 12.9. The van der Waals surface area contributed by atoms with Crippen LogP contribution < -0.4 is 9.62 Å². The molecule has 3 aromatic carbocycles. The first kappa shape index (κ1) is 30.9. The van der Waals surface area contributed by atoms with Gasteiger partial charge < -0.3 is 10.2 Å². The minimum absolute atomic E-state index is 0.0523. The molecule has 1 saturated carbocycles. The number of nitrogens with one attached hydrogen (secondary N) is 1. The number of hydrogen-bond acceptors (Lipinski definition) is 4. The van der Waals surface area contributed by atoms with Crippen LogP contribution in [0.2, 0.25) is 10.0 Å². The van der Waals surface area contributed by atoms with Gasteiger partial charge in [0.1, 0.15) is 12.6 Å².